The quantitative estimate of drug-likeness (QED) is 0.181. The number of hydrogen-bond donors (Lipinski definition) is 5. The molecule has 184 valence electrons. The van der Waals surface area contributed by atoms with Gasteiger partial charge in [-0.25, -0.2) is 4.79 Å². The summed E-state index contributed by atoms with van der Waals surface area (Å²) in [6, 6.07) is 5.71. The standard InChI is InChI=1S/C13H11N3O4.C10H12O5/c14-7-3-1-2-6-10(7)13(20)16(12(6)19)8-4-5-9(17)15-11(8)18;1-2-3-15-10(14)6-4-7(11)9(13)8(12)5-6/h1-3,8H,4-5,14H2,(H,15,17,18);4-5,11-13H,2-3H2,1H3. The van der Waals surface area contributed by atoms with Gasteiger partial charge in [-0.2, -0.15) is 0 Å². The van der Waals surface area contributed by atoms with E-state index in [1.54, 1.807) is 6.07 Å². The summed E-state index contributed by atoms with van der Waals surface area (Å²) in [6.07, 6.45) is 0.914. The second-order valence-corrected chi connectivity index (χ2v) is 7.72. The van der Waals surface area contributed by atoms with Crippen LogP contribution in [0.3, 0.4) is 0 Å². The van der Waals surface area contributed by atoms with Crippen molar-refractivity contribution in [2.24, 2.45) is 0 Å². The van der Waals surface area contributed by atoms with Crippen LogP contribution in [0.15, 0.2) is 30.3 Å². The van der Waals surface area contributed by atoms with E-state index in [0.29, 0.717) is 6.42 Å². The van der Waals surface area contributed by atoms with Crippen molar-refractivity contribution in [3.8, 4) is 17.2 Å². The number of ether oxygens (including phenoxy) is 1. The van der Waals surface area contributed by atoms with Crippen LogP contribution in [0.5, 0.6) is 17.2 Å². The van der Waals surface area contributed by atoms with E-state index in [2.05, 4.69) is 5.32 Å². The molecule has 0 radical (unpaired) electrons. The molecule has 35 heavy (non-hydrogen) atoms. The van der Waals surface area contributed by atoms with Crippen LogP contribution >= 0.6 is 0 Å². The molecule has 2 heterocycles. The summed E-state index contributed by atoms with van der Waals surface area (Å²) in [6.45, 7) is 2.11. The first-order valence-electron chi connectivity index (χ1n) is 10.6. The third-order valence-electron chi connectivity index (χ3n) is 5.24. The number of piperidine rings is 1. The van der Waals surface area contributed by atoms with Gasteiger partial charge in [-0.15, -0.1) is 0 Å². The lowest BCUT2D eigenvalue weighted by Crippen LogP contribution is -2.54. The number of esters is 1. The second-order valence-electron chi connectivity index (χ2n) is 7.72. The number of carbonyl (C=O) groups excluding carboxylic acids is 5. The maximum Gasteiger partial charge on any atom is 0.338 e. The highest BCUT2D eigenvalue weighted by atomic mass is 16.5. The van der Waals surface area contributed by atoms with E-state index in [0.717, 1.165) is 17.0 Å². The fourth-order valence-electron chi connectivity index (χ4n) is 3.54. The molecule has 0 aliphatic carbocycles. The molecular weight excluding hydrogens is 462 g/mol. The Hall–Kier alpha value is -4.61. The van der Waals surface area contributed by atoms with Gasteiger partial charge in [-0.1, -0.05) is 13.0 Å². The summed E-state index contributed by atoms with van der Waals surface area (Å²) in [5.74, 6) is -4.58. The highest BCUT2D eigenvalue weighted by Crippen LogP contribution is 2.35. The molecule has 1 atom stereocenters. The third-order valence-corrected chi connectivity index (χ3v) is 5.24. The first kappa shape index (κ1) is 25.0. The normalized spacial score (nSPS) is 16.8. The monoisotopic (exact) mass is 485 g/mol. The van der Waals surface area contributed by atoms with Gasteiger partial charge in [0.05, 0.1) is 23.3 Å². The molecule has 0 bridgehead atoms. The first-order chi connectivity index (χ1) is 16.6. The van der Waals surface area contributed by atoms with Crippen LogP contribution < -0.4 is 11.1 Å². The minimum Gasteiger partial charge on any atom is -0.504 e. The summed E-state index contributed by atoms with van der Waals surface area (Å²) in [5, 5.41) is 29.4. The number of imide groups is 2. The number of nitrogens with one attached hydrogen (secondary N) is 1. The predicted octanol–water partition coefficient (Wildman–Crippen LogP) is 1.04. The molecule has 4 amide bonds. The van der Waals surface area contributed by atoms with Crippen LogP contribution in [-0.2, 0) is 14.3 Å². The molecule has 1 unspecified atom stereocenters. The predicted molar refractivity (Wildman–Crippen MR) is 120 cm³/mol. The lowest BCUT2D eigenvalue weighted by Gasteiger charge is -2.27. The van der Waals surface area contributed by atoms with Gasteiger partial charge in [0.2, 0.25) is 11.8 Å². The van der Waals surface area contributed by atoms with Crippen LogP contribution in [0.1, 0.15) is 57.3 Å². The molecular formula is C23H23N3O9. The largest absolute Gasteiger partial charge is 0.504 e. The number of amides is 4. The Morgan fingerprint density at radius 1 is 1.11 bits per heavy atom. The van der Waals surface area contributed by atoms with Crippen molar-refractivity contribution < 1.29 is 44.0 Å². The van der Waals surface area contributed by atoms with Crippen LogP contribution in [0, 0.1) is 0 Å². The third kappa shape index (κ3) is 5.00. The molecule has 12 heteroatoms. The van der Waals surface area contributed by atoms with Crippen molar-refractivity contribution in [3.63, 3.8) is 0 Å². The number of benzene rings is 2. The van der Waals surface area contributed by atoms with Gasteiger partial charge in [0.25, 0.3) is 11.8 Å². The second kappa shape index (κ2) is 10.1. The van der Waals surface area contributed by atoms with E-state index in [1.165, 1.54) is 12.1 Å². The first-order valence-corrected chi connectivity index (χ1v) is 10.6. The molecule has 2 aromatic rings. The molecule has 2 aliphatic rings. The highest BCUT2D eigenvalue weighted by Gasteiger charge is 2.45. The van der Waals surface area contributed by atoms with Crippen LogP contribution in [0.25, 0.3) is 0 Å². The lowest BCUT2D eigenvalue weighted by atomic mass is 10.0. The van der Waals surface area contributed by atoms with Crippen molar-refractivity contribution in [2.45, 2.75) is 32.2 Å². The summed E-state index contributed by atoms with van der Waals surface area (Å²) in [7, 11) is 0. The molecule has 4 rings (SSSR count). The minimum atomic E-state index is -0.959. The summed E-state index contributed by atoms with van der Waals surface area (Å²) in [5.41, 5.74) is 6.24. The molecule has 12 nitrogen and oxygen atoms in total. The molecule has 2 aliphatic heterocycles. The summed E-state index contributed by atoms with van der Waals surface area (Å²) >= 11 is 0. The van der Waals surface area contributed by atoms with Gasteiger partial charge in [0.1, 0.15) is 6.04 Å². The van der Waals surface area contributed by atoms with E-state index in [-0.39, 0.29) is 41.8 Å². The summed E-state index contributed by atoms with van der Waals surface area (Å²) in [4.78, 5) is 59.7. The maximum absolute atomic E-state index is 12.3. The fourth-order valence-corrected chi connectivity index (χ4v) is 3.54. The van der Waals surface area contributed by atoms with E-state index < -0.39 is 52.9 Å². The lowest BCUT2D eigenvalue weighted by molar-refractivity contribution is -0.136. The Morgan fingerprint density at radius 3 is 2.34 bits per heavy atom. The molecule has 2 aromatic carbocycles. The van der Waals surface area contributed by atoms with Gasteiger partial charge >= 0.3 is 5.97 Å². The number of aromatic hydroxyl groups is 3. The smallest absolute Gasteiger partial charge is 0.338 e. The van der Waals surface area contributed by atoms with Crippen molar-refractivity contribution in [2.75, 3.05) is 12.3 Å². The Bertz CT molecular complexity index is 1200. The maximum atomic E-state index is 12.3. The average molecular weight is 485 g/mol. The average Bonchev–Trinajstić information content (AvgIpc) is 3.07. The summed E-state index contributed by atoms with van der Waals surface area (Å²) < 4.78 is 4.78. The van der Waals surface area contributed by atoms with Crippen LogP contribution in [-0.4, -0.2) is 62.5 Å². The van der Waals surface area contributed by atoms with E-state index in [9.17, 15) is 24.0 Å². The van der Waals surface area contributed by atoms with Crippen molar-refractivity contribution >= 4 is 35.3 Å². The number of phenols is 3. The molecule has 0 spiro atoms. The minimum absolute atomic E-state index is 0.00347. The molecule has 0 saturated carbocycles. The van der Waals surface area contributed by atoms with E-state index >= 15 is 0 Å². The van der Waals surface area contributed by atoms with Gasteiger partial charge in [0, 0.05) is 12.1 Å². The van der Waals surface area contributed by atoms with E-state index in [1.807, 2.05) is 6.92 Å². The van der Waals surface area contributed by atoms with Gasteiger partial charge in [0.15, 0.2) is 17.2 Å². The fraction of sp³-hybridized carbons (Fsp3) is 0.261. The Kier molecular flexibility index (Phi) is 7.23. The zero-order valence-electron chi connectivity index (χ0n) is 18.6. The number of carbonyl (C=O) groups is 5. The van der Waals surface area contributed by atoms with E-state index in [4.69, 9.17) is 25.8 Å². The molecule has 0 aromatic heterocycles. The zero-order valence-corrected chi connectivity index (χ0v) is 18.6. The van der Waals surface area contributed by atoms with Crippen LogP contribution in [0.2, 0.25) is 0 Å². The number of hydrogen-bond acceptors (Lipinski definition) is 10. The van der Waals surface area contributed by atoms with Crippen molar-refractivity contribution in [3.05, 3.63) is 47.0 Å². The van der Waals surface area contributed by atoms with Gasteiger partial charge in [-0.3, -0.25) is 29.4 Å². The molecule has 6 N–H and O–H groups in total. The topological polar surface area (TPSA) is 197 Å². The van der Waals surface area contributed by atoms with Crippen LogP contribution in [0.4, 0.5) is 5.69 Å². The Balaban J connectivity index is 0.000000205. The number of fused-ring (bicyclic) bond motifs is 1. The zero-order chi connectivity index (χ0) is 25.9. The van der Waals surface area contributed by atoms with Crippen molar-refractivity contribution in [1.29, 1.82) is 0 Å². The van der Waals surface area contributed by atoms with Gasteiger partial charge < -0.3 is 25.8 Å². The number of anilines is 1. The SMILES string of the molecule is CCCOC(=O)c1cc(O)c(O)c(O)c1.Nc1cccc2c1C(=O)N(C1CCC(=O)NC1=O)C2=O. The Labute approximate surface area is 198 Å². The molecule has 1 saturated heterocycles. The van der Waals surface area contributed by atoms with Gasteiger partial charge in [-0.05, 0) is 37.1 Å². The number of phenolic OH excluding ortho intramolecular Hbond substituents is 3. The number of nitrogens with two attached hydrogens (primary N) is 1. The Morgan fingerprint density at radius 2 is 1.77 bits per heavy atom. The highest BCUT2D eigenvalue weighted by molar-refractivity contribution is 6.25. The number of nitrogen functional groups attached to an aromatic ring is 1. The number of nitrogens with zero attached hydrogens (tertiary/aromatic N) is 1. The molecule has 1 fully saturated rings. The van der Waals surface area contributed by atoms with Crippen molar-refractivity contribution in [1.82, 2.24) is 10.2 Å². The number of rotatable bonds is 4.